The highest BCUT2D eigenvalue weighted by atomic mass is 19.3. The molecular weight excluding hydrogens is 698 g/mol. The molecular formula is C37H48F2N4O10. The second kappa shape index (κ2) is 21.4. The van der Waals surface area contributed by atoms with Gasteiger partial charge in [0.05, 0.1) is 50.3 Å². The van der Waals surface area contributed by atoms with E-state index in [1.807, 2.05) is 19.1 Å². The van der Waals surface area contributed by atoms with E-state index < -0.39 is 36.9 Å². The molecule has 53 heavy (non-hydrogen) atoms. The summed E-state index contributed by atoms with van der Waals surface area (Å²) in [5.41, 5.74) is 1.26. The number of aliphatic hydroxyl groups is 2. The fourth-order valence-electron chi connectivity index (χ4n) is 5.84. The number of alkyl halides is 2. The number of nitrogens with one attached hydrogen (secondary N) is 1. The maximum atomic E-state index is 13.1. The number of ether oxygens (including phenoxy) is 6. The summed E-state index contributed by atoms with van der Waals surface area (Å²) in [5.74, 6) is -0.362. The van der Waals surface area contributed by atoms with Crippen molar-refractivity contribution in [3.8, 4) is 11.3 Å². The van der Waals surface area contributed by atoms with E-state index in [1.54, 1.807) is 25.3 Å². The standard InChI is InChI=1S/C37H48F2N4O10/c1-25-20-30(42-33(21-25)43-32-22-27(34(38)39)10-11-40-32)28-6-9-31(41-23-28)37(2,47)29-7-4-26(5-8-29)35(45)52-24-53-36(46)51-19-18-50-17-16-49-14-3-13-48-15-12-44/h6,9-11,20-23,26,29,34,44,47H,3-5,7-8,12-19,24H2,1-2H3,(H,40,42,43)/t26?,29?,37-/m1/s1. The number of hydrogen-bond donors (Lipinski definition) is 3. The van der Waals surface area contributed by atoms with Gasteiger partial charge in [-0.25, -0.2) is 23.5 Å². The Bertz CT molecular complexity index is 1570. The molecule has 14 nitrogen and oxygen atoms in total. The molecule has 3 aromatic rings. The molecule has 1 saturated carbocycles. The van der Waals surface area contributed by atoms with Crippen LogP contribution >= 0.6 is 0 Å². The molecule has 0 saturated heterocycles. The lowest BCUT2D eigenvalue weighted by atomic mass is 9.73. The zero-order valence-corrected chi connectivity index (χ0v) is 30.0. The summed E-state index contributed by atoms with van der Waals surface area (Å²) in [5, 5.41) is 23.2. The van der Waals surface area contributed by atoms with Crippen LogP contribution in [0, 0.1) is 18.8 Å². The van der Waals surface area contributed by atoms with E-state index in [9.17, 15) is 23.5 Å². The topological polar surface area (TPSA) is 181 Å². The van der Waals surface area contributed by atoms with E-state index in [-0.39, 0.29) is 37.1 Å². The van der Waals surface area contributed by atoms with Crippen LogP contribution < -0.4 is 5.32 Å². The van der Waals surface area contributed by atoms with Gasteiger partial charge in [-0.15, -0.1) is 0 Å². The van der Waals surface area contributed by atoms with Gasteiger partial charge in [0.1, 0.15) is 23.8 Å². The van der Waals surface area contributed by atoms with Crippen molar-refractivity contribution in [1.82, 2.24) is 15.0 Å². The molecule has 0 amide bonds. The molecule has 0 radical (unpaired) electrons. The molecule has 3 heterocycles. The lowest BCUT2D eigenvalue weighted by Gasteiger charge is -2.37. The van der Waals surface area contributed by atoms with Gasteiger partial charge in [-0.3, -0.25) is 9.78 Å². The third-order valence-corrected chi connectivity index (χ3v) is 8.71. The molecule has 0 bridgehead atoms. The van der Waals surface area contributed by atoms with E-state index in [4.69, 9.17) is 33.5 Å². The summed E-state index contributed by atoms with van der Waals surface area (Å²) in [4.78, 5) is 37.7. The maximum absolute atomic E-state index is 13.1. The van der Waals surface area contributed by atoms with Crippen LogP contribution in [0.1, 0.15) is 62.3 Å². The molecule has 0 aromatic carbocycles. The van der Waals surface area contributed by atoms with E-state index >= 15 is 0 Å². The molecule has 16 heteroatoms. The van der Waals surface area contributed by atoms with E-state index in [0.29, 0.717) is 87.9 Å². The molecule has 4 rings (SSSR count). The normalized spacial score (nSPS) is 16.9. The first kappa shape index (κ1) is 41.4. The molecule has 0 unspecified atom stereocenters. The Kier molecular flexibility index (Phi) is 16.7. The van der Waals surface area contributed by atoms with Gasteiger partial charge in [-0.1, -0.05) is 0 Å². The first-order valence-corrected chi connectivity index (χ1v) is 17.6. The fraction of sp³-hybridized carbons (Fsp3) is 0.541. The summed E-state index contributed by atoms with van der Waals surface area (Å²) in [6, 6.07) is 9.75. The predicted octanol–water partition coefficient (Wildman–Crippen LogP) is 5.63. The highest BCUT2D eigenvalue weighted by Gasteiger charge is 2.39. The number of rotatable bonds is 21. The number of carbonyl (C=O) groups excluding carboxylic acids is 2. The molecule has 0 aliphatic heterocycles. The third-order valence-electron chi connectivity index (χ3n) is 8.71. The number of carbonyl (C=O) groups is 2. The highest BCUT2D eigenvalue weighted by Crippen LogP contribution is 2.41. The van der Waals surface area contributed by atoms with Crippen molar-refractivity contribution in [2.45, 2.75) is 58.0 Å². The summed E-state index contributed by atoms with van der Waals surface area (Å²) in [6.45, 7) is 5.16. The monoisotopic (exact) mass is 746 g/mol. The van der Waals surface area contributed by atoms with Crippen LogP contribution in [-0.2, 0) is 38.8 Å². The predicted molar refractivity (Wildman–Crippen MR) is 187 cm³/mol. The minimum absolute atomic E-state index is 0.00725. The van der Waals surface area contributed by atoms with Crippen LogP contribution in [0.2, 0.25) is 0 Å². The number of anilines is 2. The Morgan fingerprint density at radius 2 is 1.60 bits per heavy atom. The van der Waals surface area contributed by atoms with Crippen LogP contribution in [0.15, 0.2) is 48.8 Å². The summed E-state index contributed by atoms with van der Waals surface area (Å²) in [7, 11) is 0. The number of aliphatic hydroxyl groups excluding tert-OH is 1. The molecule has 3 N–H and O–H groups in total. The number of aromatic nitrogens is 3. The number of aryl methyl sites for hydroxylation is 1. The minimum Gasteiger partial charge on any atom is -0.432 e. The first-order valence-electron chi connectivity index (χ1n) is 17.6. The van der Waals surface area contributed by atoms with E-state index in [1.165, 1.54) is 18.3 Å². The van der Waals surface area contributed by atoms with Crippen molar-refractivity contribution in [3.63, 3.8) is 0 Å². The lowest BCUT2D eigenvalue weighted by Crippen LogP contribution is -2.37. The third kappa shape index (κ3) is 13.5. The molecule has 290 valence electrons. The second-order valence-corrected chi connectivity index (χ2v) is 12.7. The smallest absolute Gasteiger partial charge is 0.432 e. The zero-order chi connectivity index (χ0) is 38.1. The average Bonchev–Trinajstić information content (AvgIpc) is 3.15. The number of esters is 1. The summed E-state index contributed by atoms with van der Waals surface area (Å²) < 4.78 is 57.0. The molecule has 1 fully saturated rings. The van der Waals surface area contributed by atoms with Gasteiger partial charge in [0.2, 0.25) is 6.79 Å². The number of halogens is 2. The first-order chi connectivity index (χ1) is 25.6. The van der Waals surface area contributed by atoms with Crippen LogP contribution in [0.4, 0.5) is 25.2 Å². The maximum Gasteiger partial charge on any atom is 0.511 e. The van der Waals surface area contributed by atoms with Gasteiger partial charge in [-0.2, -0.15) is 0 Å². The van der Waals surface area contributed by atoms with Gasteiger partial charge in [-0.05, 0) is 93.8 Å². The Labute approximate surface area is 307 Å². The van der Waals surface area contributed by atoms with Crippen molar-refractivity contribution < 1.29 is 57.0 Å². The van der Waals surface area contributed by atoms with E-state index in [2.05, 4.69) is 20.3 Å². The number of nitrogens with zero attached hydrogens (tertiary/aromatic N) is 3. The van der Waals surface area contributed by atoms with Crippen LogP contribution in [0.3, 0.4) is 0 Å². The van der Waals surface area contributed by atoms with Gasteiger partial charge < -0.3 is 44.0 Å². The number of hydrogen-bond acceptors (Lipinski definition) is 14. The zero-order valence-electron chi connectivity index (χ0n) is 30.0. The number of pyridine rings is 3. The van der Waals surface area contributed by atoms with Gasteiger partial charge >= 0.3 is 12.1 Å². The van der Waals surface area contributed by atoms with Crippen LogP contribution in [0.25, 0.3) is 11.3 Å². The molecule has 1 aliphatic rings. The summed E-state index contributed by atoms with van der Waals surface area (Å²) in [6.07, 6.45) is 2.13. The summed E-state index contributed by atoms with van der Waals surface area (Å²) >= 11 is 0. The van der Waals surface area contributed by atoms with Crippen molar-refractivity contribution in [2.75, 3.05) is 65.0 Å². The van der Waals surface area contributed by atoms with Crippen molar-refractivity contribution in [2.24, 2.45) is 11.8 Å². The second-order valence-electron chi connectivity index (χ2n) is 12.7. The minimum atomic E-state index is -2.62. The fourth-order valence-corrected chi connectivity index (χ4v) is 5.84. The van der Waals surface area contributed by atoms with Crippen molar-refractivity contribution >= 4 is 23.8 Å². The average molecular weight is 747 g/mol. The molecule has 1 atom stereocenters. The van der Waals surface area contributed by atoms with E-state index in [0.717, 1.165) is 5.56 Å². The molecule has 1 aliphatic carbocycles. The largest absolute Gasteiger partial charge is 0.511 e. The Morgan fingerprint density at radius 1 is 0.887 bits per heavy atom. The van der Waals surface area contributed by atoms with Crippen LogP contribution in [-0.4, -0.2) is 96.9 Å². The molecule has 0 spiro atoms. The van der Waals surface area contributed by atoms with Crippen LogP contribution in [0.5, 0.6) is 0 Å². The SMILES string of the molecule is Cc1cc(Nc2cc(C(F)F)ccn2)nc(-c2ccc([C@](C)(O)C3CCC(C(=O)OCOC(=O)OCCOCCOCCCOCCO)CC3)nc2)c1. The van der Waals surface area contributed by atoms with Gasteiger partial charge in [0.25, 0.3) is 6.43 Å². The quantitative estimate of drug-likeness (QED) is 0.0693. The molecule has 3 aromatic heterocycles. The Morgan fingerprint density at radius 3 is 2.30 bits per heavy atom. The Balaban J connectivity index is 1.14. The highest BCUT2D eigenvalue weighted by molar-refractivity contribution is 5.72. The lowest BCUT2D eigenvalue weighted by molar-refractivity contribution is -0.160. The van der Waals surface area contributed by atoms with Crippen molar-refractivity contribution in [1.29, 1.82) is 0 Å². The van der Waals surface area contributed by atoms with Gasteiger partial charge in [0, 0.05) is 36.7 Å². The van der Waals surface area contributed by atoms with Gasteiger partial charge in [0.15, 0.2) is 0 Å². The Hall–Kier alpha value is -4.35. The van der Waals surface area contributed by atoms with Crippen molar-refractivity contribution in [3.05, 3.63) is 65.6 Å².